The molecule has 0 aliphatic rings. The van der Waals surface area contributed by atoms with Crippen molar-refractivity contribution in [2.45, 2.75) is 6.61 Å². The normalized spacial score (nSPS) is 11.0. The minimum absolute atomic E-state index is 0.268. The van der Waals surface area contributed by atoms with Gasteiger partial charge in [-0.3, -0.25) is 0 Å². The van der Waals surface area contributed by atoms with Gasteiger partial charge in [0.15, 0.2) is 0 Å². The van der Waals surface area contributed by atoms with Gasteiger partial charge in [-0.25, -0.2) is 0 Å². The summed E-state index contributed by atoms with van der Waals surface area (Å²) >= 11 is 3.51. The highest BCUT2D eigenvalue weighted by Crippen LogP contribution is 2.30. The fraction of sp³-hybridized carbons (Fsp3) is 0.0370. The molecule has 0 aromatic heterocycles. The number of allylic oxidation sites excluding steroid dienone is 1. The Hall–Kier alpha value is -3.86. The molecule has 0 radical (unpaired) electrons. The third-order valence-corrected chi connectivity index (χ3v) is 5.47. The molecule has 4 aromatic carbocycles. The van der Waals surface area contributed by atoms with Crippen molar-refractivity contribution < 1.29 is 4.74 Å². The molecule has 4 rings (SSSR count). The van der Waals surface area contributed by atoms with Crippen LogP contribution in [0.3, 0.4) is 0 Å². The SMILES string of the molecule is N#C/C(=C/c1cc(Br)ccc1OCc1ccccc1C#N)c1ccc2ccccc2c1. The Balaban J connectivity index is 1.69. The highest BCUT2D eigenvalue weighted by molar-refractivity contribution is 9.10. The van der Waals surface area contributed by atoms with E-state index in [1.165, 1.54) is 0 Å². The van der Waals surface area contributed by atoms with Crippen LogP contribution >= 0.6 is 15.9 Å². The van der Waals surface area contributed by atoms with E-state index >= 15 is 0 Å². The largest absolute Gasteiger partial charge is 0.488 e. The smallest absolute Gasteiger partial charge is 0.127 e. The van der Waals surface area contributed by atoms with Gasteiger partial charge >= 0.3 is 0 Å². The lowest BCUT2D eigenvalue weighted by atomic mass is 10.00. The van der Waals surface area contributed by atoms with Crippen molar-refractivity contribution in [3.63, 3.8) is 0 Å². The lowest BCUT2D eigenvalue weighted by molar-refractivity contribution is 0.305. The molecule has 0 saturated carbocycles. The molecule has 0 aliphatic heterocycles. The van der Waals surface area contributed by atoms with Gasteiger partial charge in [-0.05, 0) is 52.7 Å². The summed E-state index contributed by atoms with van der Waals surface area (Å²) in [6.45, 7) is 0.268. The fourth-order valence-electron chi connectivity index (χ4n) is 3.37. The summed E-state index contributed by atoms with van der Waals surface area (Å²) in [5.41, 5.74) is 3.59. The third-order valence-electron chi connectivity index (χ3n) is 4.97. The highest BCUT2D eigenvalue weighted by atomic mass is 79.9. The number of hydrogen-bond donors (Lipinski definition) is 0. The van der Waals surface area contributed by atoms with Crippen LogP contribution in [0.5, 0.6) is 5.75 Å². The average Bonchev–Trinajstić information content (AvgIpc) is 2.81. The lowest BCUT2D eigenvalue weighted by Crippen LogP contribution is -1.99. The van der Waals surface area contributed by atoms with Crippen molar-refractivity contribution in [1.82, 2.24) is 0 Å². The summed E-state index contributed by atoms with van der Waals surface area (Å²) in [7, 11) is 0. The van der Waals surface area contributed by atoms with E-state index in [-0.39, 0.29) is 6.61 Å². The molecule has 4 aromatic rings. The monoisotopic (exact) mass is 464 g/mol. The first kappa shape index (κ1) is 20.4. The van der Waals surface area contributed by atoms with E-state index in [2.05, 4.69) is 28.1 Å². The maximum absolute atomic E-state index is 9.84. The van der Waals surface area contributed by atoms with E-state index in [0.29, 0.717) is 16.9 Å². The van der Waals surface area contributed by atoms with Crippen LogP contribution in [0.25, 0.3) is 22.4 Å². The van der Waals surface area contributed by atoms with Crippen LogP contribution in [-0.4, -0.2) is 0 Å². The van der Waals surface area contributed by atoms with E-state index in [1.807, 2.05) is 84.9 Å². The molecule has 0 spiro atoms. The minimum atomic E-state index is 0.268. The summed E-state index contributed by atoms with van der Waals surface area (Å²) in [5, 5.41) is 21.4. The Bertz CT molecular complexity index is 1380. The summed E-state index contributed by atoms with van der Waals surface area (Å²) < 4.78 is 6.93. The van der Waals surface area contributed by atoms with Crippen molar-refractivity contribution >= 4 is 38.4 Å². The summed E-state index contributed by atoms with van der Waals surface area (Å²) in [6, 6.07) is 31.6. The van der Waals surface area contributed by atoms with E-state index in [0.717, 1.165) is 31.9 Å². The molecular weight excluding hydrogens is 448 g/mol. The first-order chi connectivity index (χ1) is 15.2. The van der Waals surface area contributed by atoms with E-state index in [4.69, 9.17) is 4.74 Å². The van der Waals surface area contributed by atoms with E-state index < -0.39 is 0 Å². The minimum Gasteiger partial charge on any atom is -0.488 e. The molecule has 31 heavy (non-hydrogen) atoms. The number of ether oxygens (including phenoxy) is 1. The fourth-order valence-corrected chi connectivity index (χ4v) is 3.75. The molecular formula is C27H17BrN2O. The molecule has 0 unspecified atom stereocenters. The van der Waals surface area contributed by atoms with Gasteiger partial charge in [0.2, 0.25) is 0 Å². The van der Waals surface area contributed by atoms with Crippen LogP contribution in [0, 0.1) is 22.7 Å². The van der Waals surface area contributed by atoms with Crippen LogP contribution in [-0.2, 0) is 6.61 Å². The first-order valence-corrected chi connectivity index (χ1v) is 10.5. The van der Waals surface area contributed by atoms with Crippen LogP contribution < -0.4 is 4.74 Å². The first-order valence-electron chi connectivity index (χ1n) is 9.69. The maximum atomic E-state index is 9.84. The second-order valence-electron chi connectivity index (χ2n) is 6.97. The average molecular weight is 465 g/mol. The van der Waals surface area contributed by atoms with Gasteiger partial charge < -0.3 is 4.74 Å². The predicted octanol–water partition coefficient (Wildman–Crippen LogP) is 7.12. The van der Waals surface area contributed by atoms with Crippen molar-refractivity contribution in [3.8, 4) is 17.9 Å². The zero-order valence-corrected chi connectivity index (χ0v) is 18.1. The second-order valence-corrected chi connectivity index (χ2v) is 7.89. The molecule has 0 saturated heterocycles. The zero-order chi connectivity index (χ0) is 21.6. The van der Waals surface area contributed by atoms with Gasteiger partial charge in [-0.2, -0.15) is 10.5 Å². The van der Waals surface area contributed by atoms with Gasteiger partial charge in [-0.1, -0.05) is 70.5 Å². The molecule has 0 heterocycles. The van der Waals surface area contributed by atoms with E-state index in [9.17, 15) is 10.5 Å². The lowest BCUT2D eigenvalue weighted by Gasteiger charge is -2.11. The molecule has 0 atom stereocenters. The molecule has 4 heteroatoms. The number of fused-ring (bicyclic) bond motifs is 1. The molecule has 0 aliphatic carbocycles. The number of benzene rings is 4. The Kier molecular flexibility index (Phi) is 6.13. The third kappa shape index (κ3) is 4.67. The second kappa shape index (κ2) is 9.30. The zero-order valence-electron chi connectivity index (χ0n) is 16.5. The quantitative estimate of drug-likeness (QED) is 0.233. The van der Waals surface area contributed by atoms with Gasteiger partial charge in [0.05, 0.1) is 23.3 Å². The van der Waals surface area contributed by atoms with Crippen molar-refractivity contribution in [2.75, 3.05) is 0 Å². The van der Waals surface area contributed by atoms with Gasteiger partial charge in [0.1, 0.15) is 12.4 Å². The topological polar surface area (TPSA) is 56.8 Å². The van der Waals surface area contributed by atoms with E-state index in [1.54, 1.807) is 6.07 Å². The Labute approximate surface area is 189 Å². The number of nitrogens with zero attached hydrogens (tertiary/aromatic N) is 2. The molecule has 0 fully saturated rings. The van der Waals surface area contributed by atoms with Crippen molar-refractivity contribution in [1.29, 1.82) is 10.5 Å². The number of hydrogen-bond acceptors (Lipinski definition) is 3. The number of halogens is 1. The number of nitriles is 2. The molecule has 0 N–H and O–H groups in total. The molecule has 0 bridgehead atoms. The molecule has 3 nitrogen and oxygen atoms in total. The summed E-state index contributed by atoms with van der Waals surface area (Å²) in [4.78, 5) is 0. The highest BCUT2D eigenvalue weighted by Gasteiger charge is 2.09. The standard InChI is InChI=1S/C27H17BrN2O/c28-26-11-12-27(31-18-23-8-4-3-7-22(23)16-29)24(15-26)14-25(17-30)21-10-9-19-5-1-2-6-20(19)13-21/h1-15H,18H2/b25-14-. The predicted molar refractivity (Wildman–Crippen MR) is 127 cm³/mol. The van der Waals surface area contributed by atoms with Gasteiger partial charge in [-0.15, -0.1) is 0 Å². The maximum Gasteiger partial charge on any atom is 0.127 e. The molecule has 148 valence electrons. The summed E-state index contributed by atoms with van der Waals surface area (Å²) in [5.74, 6) is 0.643. The summed E-state index contributed by atoms with van der Waals surface area (Å²) in [6.07, 6.45) is 1.83. The van der Waals surface area contributed by atoms with Crippen LogP contribution in [0.1, 0.15) is 22.3 Å². The van der Waals surface area contributed by atoms with Gasteiger partial charge in [0, 0.05) is 15.6 Å². The Morgan fingerprint density at radius 3 is 2.45 bits per heavy atom. The Morgan fingerprint density at radius 1 is 0.871 bits per heavy atom. The molecule has 0 amide bonds. The Morgan fingerprint density at radius 2 is 1.65 bits per heavy atom. The van der Waals surface area contributed by atoms with Crippen LogP contribution in [0.4, 0.5) is 0 Å². The van der Waals surface area contributed by atoms with Crippen LogP contribution in [0.15, 0.2) is 89.4 Å². The number of rotatable bonds is 5. The van der Waals surface area contributed by atoms with Gasteiger partial charge in [0.25, 0.3) is 0 Å². The van der Waals surface area contributed by atoms with Crippen molar-refractivity contribution in [3.05, 3.63) is 112 Å². The van der Waals surface area contributed by atoms with Crippen molar-refractivity contribution in [2.24, 2.45) is 0 Å². The van der Waals surface area contributed by atoms with Crippen LogP contribution in [0.2, 0.25) is 0 Å².